The van der Waals surface area contributed by atoms with Crippen molar-refractivity contribution in [2.45, 2.75) is 0 Å². The van der Waals surface area contributed by atoms with Gasteiger partial charge in [-0.25, -0.2) is 0 Å². The molecule has 0 saturated carbocycles. The molecule has 12 aromatic rings. The molecule has 0 N–H and O–H groups in total. The molecule has 0 aliphatic heterocycles. The third-order valence-corrected chi connectivity index (χ3v) is 11.1. The van der Waals surface area contributed by atoms with E-state index in [0.29, 0.717) is 0 Å². The van der Waals surface area contributed by atoms with Gasteiger partial charge in [-0.15, -0.1) is 0 Å². The molecule has 3 heterocycles. The average Bonchev–Trinajstić information content (AvgIpc) is 3.91. The van der Waals surface area contributed by atoms with Crippen LogP contribution in [0.5, 0.6) is 0 Å². The Hall–Kier alpha value is -7.10. The smallest absolute Gasteiger partial charge is 0.136 e. The number of hydrogen-bond acceptors (Lipinski definition) is 3. The first-order valence-electron chi connectivity index (χ1n) is 18.0. The zero-order valence-electron chi connectivity index (χ0n) is 28.4. The van der Waals surface area contributed by atoms with Crippen LogP contribution in [0.3, 0.4) is 0 Å². The van der Waals surface area contributed by atoms with E-state index in [-0.39, 0.29) is 0 Å². The van der Waals surface area contributed by atoms with Gasteiger partial charge in [0.1, 0.15) is 27.9 Å². The molecule has 0 saturated heterocycles. The molecule has 0 radical (unpaired) electrons. The van der Waals surface area contributed by atoms with Gasteiger partial charge in [-0.05, 0) is 109 Å². The number of fused-ring (bicyclic) bond motifs is 10. The van der Waals surface area contributed by atoms with Crippen LogP contribution in [0.1, 0.15) is 0 Å². The molecule has 0 fully saturated rings. The van der Waals surface area contributed by atoms with Crippen molar-refractivity contribution in [1.82, 2.24) is 0 Å². The Bertz CT molecular complexity index is 3410. The molecule has 3 aromatic heterocycles. The Balaban J connectivity index is 1.04. The lowest BCUT2D eigenvalue weighted by Crippen LogP contribution is -1.90. The van der Waals surface area contributed by atoms with E-state index < -0.39 is 0 Å². The molecule has 0 bridgehead atoms. The van der Waals surface area contributed by atoms with Gasteiger partial charge in [0, 0.05) is 32.5 Å². The quantitative estimate of drug-likeness (QED) is 0.175. The van der Waals surface area contributed by atoms with Crippen LogP contribution in [-0.2, 0) is 0 Å². The van der Waals surface area contributed by atoms with E-state index >= 15 is 0 Å². The van der Waals surface area contributed by atoms with E-state index in [1.165, 1.54) is 43.4 Å². The lowest BCUT2D eigenvalue weighted by molar-refractivity contribution is 0.617. The Kier molecular flexibility index (Phi) is 5.77. The monoisotopic (exact) mass is 676 g/mol. The molecule has 0 spiro atoms. The van der Waals surface area contributed by atoms with Gasteiger partial charge in [0.05, 0.1) is 6.26 Å². The molecule has 246 valence electrons. The van der Waals surface area contributed by atoms with Crippen LogP contribution in [0.4, 0.5) is 0 Å². The molecule has 9 aromatic carbocycles. The summed E-state index contributed by atoms with van der Waals surface area (Å²) in [5.74, 6) is 0. The second-order valence-corrected chi connectivity index (χ2v) is 14.0. The number of rotatable bonds is 3. The summed E-state index contributed by atoms with van der Waals surface area (Å²) in [7, 11) is 0. The second-order valence-electron chi connectivity index (χ2n) is 14.0. The molecule has 3 nitrogen and oxygen atoms in total. The summed E-state index contributed by atoms with van der Waals surface area (Å²) in [5.41, 5.74) is 11.2. The van der Waals surface area contributed by atoms with Crippen molar-refractivity contribution in [1.29, 1.82) is 0 Å². The number of para-hydroxylation sites is 1. The fourth-order valence-electron chi connectivity index (χ4n) is 8.66. The molecule has 3 heteroatoms. The van der Waals surface area contributed by atoms with Crippen molar-refractivity contribution in [3.05, 3.63) is 170 Å². The van der Waals surface area contributed by atoms with Gasteiger partial charge in [-0.1, -0.05) is 115 Å². The predicted molar refractivity (Wildman–Crippen MR) is 220 cm³/mol. The van der Waals surface area contributed by atoms with Crippen LogP contribution in [0.25, 0.3) is 121 Å². The SMILES string of the molecule is c1ccc2cc(-c3coc4cc5c(cc34)oc3cc(-c4c6ccccc6c(-c6ccc7c(c6)oc6ccccc67)c6ccccc46)ccc35)ccc2c1. The van der Waals surface area contributed by atoms with Gasteiger partial charge in [0.15, 0.2) is 0 Å². The third-order valence-electron chi connectivity index (χ3n) is 11.1. The van der Waals surface area contributed by atoms with Crippen LogP contribution in [0.15, 0.2) is 183 Å². The first kappa shape index (κ1) is 28.6. The minimum absolute atomic E-state index is 0.846. The van der Waals surface area contributed by atoms with Gasteiger partial charge in [0.2, 0.25) is 0 Å². The van der Waals surface area contributed by atoms with Crippen molar-refractivity contribution in [2.75, 3.05) is 0 Å². The van der Waals surface area contributed by atoms with E-state index in [0.717, 1.165) is 77.1 Å². The molecule has 0 aliphatic carbocycles. The molecule has 0 atom stereocenters. The highest BCUT2D eigenvalue weighted by Crippen LogP contribution is 2.46. The number of hydrogen-bond donors (Lipinski definition) is 0. The average molecular weight is 677 g/mol. The van der Waals surface area contributed by atoms with E-state index in [2.05, 4.69) is 152 Å². The Morgan fingerprint density at radius 3 is 1.45 bits per heavy atom. The van der Waals surface area contributed by atoms with E-state index in [1.807, 2.05) is 18.4 Å². The highest BCUT2D eigenvalue weighted by Gasteiger charge is 2.20. The summed E-state index contributed by atoms with van der Waals surface area (Å²) in [5, 5.41) is 12.6. The zero-order valence-corrected chi connectivity index (χ0v) is 28.4. The Morgan fingerprint density at radius 2 is 0.774 bits per heavy atom. The maximum atomic E-state index is 6.68. The molecular weight excluding hydrogens is 649 g/mol. The fraction of sp³-hybridized carbons (Fsp3) is 0. The standard InChI is InChI=1S/C50H28O3/c1-2-10-30-23-31(18-17-29(30)9-1)43-28-51-45-26-41-36-22-20-33(25-47(36)53-48(41)27-42(43)45)50-39-14-5-3-12-37(39)49(38-13-4-6-15-40(38)50)32-19-21-35-34-11-7-8-16-44(34)52-46(35)24-32/h1-28H. The molecular formula is C50H28O3. The highest BCUT2D eigenvalue weighted by atomic mass is 16.3. The molecule has 0 amide bonds. The summed E-state index contributed by atoms with van der Waals surface area (Å²) < 4.78 is 19.2. The summed E-state index contributed by atoms with van der Waals surface area (Å²) in [6.07, 6.45) is 1.86. The summed E-state index contributed by atoms with van der Waals surface area (Å²) in [4.78, 5) is 0. The van der Waals surface area contributed by atoms with Crippen LogP contribution in [0.2, 0.25) is 0 Å². The topological polar surface area (TPSA) is 39.4 Å². The highest BCUT2D eigenvalue weighted by molar-refractivity contribution is 6.23. The van der Waals surface area contributed by atoms with E-state index in [4.69, 9.17) is 13.3 Å². The van der Waals surface area contributed by atoms with E-state index in [9.17, 15) is 0 Å². The molecule has 12 rings (SSSR count). The molecule has 0 unspecified atom stereocenters. The minimum atomic E-state index is 0.846. The Labute approximate surface area is 302 Å². The number of benzene rings is 9. The van der Waals surface area contributed by atoms with Crippen molar-refractivity contribution in [3.8, 4) is 33.4 Å². The van der Waals surface area contributed by atoms with Crippen LogP contribution < -0.4 is 0 Å². The van der Waals surface area contributed by atoms with Gasteiger partial charge < -0.3 is 13.3 Å². The van der Waals surface area contributed by atoms with Crippen molar-refractivity contribution < 1.29 is 13.3 Å². The minimum Gasteiger partial charge on any atom is -0.464 e. The largest absolute Gasteiger partial charge is 0.464 e. The first-order chi connectivity index (χ1) is 26.2. The maximum Gasteiger partial charge on any atom is 0.136 e. The molecule has 53 heavy (non-hydrogen) atoms. The van der Waals surface area contributed by atoms with Crippen molar-refractivity contribution in [2.24, 2.45) is 0 Å². The normalized spacial score (nSPS) is 12.2. The summed E-state index contributed by atoms with van der Waals surface area (Å²) in [6.45, 7) is 0. The third kappa shape index (κ3) is 4.16. The van der Waals surface area contributed by atoms with Crippen molar-refractivity contribution >= 4 is 87.2 Å². The molecule has 0 aliphatic rings. The fourth-order valence-corrected chi connectivity index (χ4v) is 8.66. The van der Waals surface area contributed by atoms with E-state index in [1.54, 1.807) is 0 Å². The van der Waals surface area contributed by atoms with Gasteiger partial charge >= 0.3 is 0 Å². The lowest BCUT2D eigenvalue weighted by Gasteiger charge is -2.17. The van der Waals surface area contributed by atoms with Gasteiger partial charge in [0.25, 0.3) is 0 Å². The van der Waals surface area contributed by atoms with Crippen molar-refractivity contribution in [3.63, 3.8) is 0 Å². The zero-order chi connectivity index (χ0) is 34.6. The summed E-state index contributed by atoms with van der Waals surface area (Å²) >= 11 is 0. The number of furan rings is 3. The van der Waals surface area contributed by atoms with Crippen LogP contribution in [-0.4, -0.2) is 0 Å². The van der Waals surface area contributed by atoms with Gasteiger partial charge in [-0.3, -0.25) is 0 Å². The summed E-state index contributed by atoms with van der Waals surface area (Å²) in [6, 6.07) is 58.3. The van der Waals surface area contributed by atoms with Crippen LogP contribution >= 0.6 is 0 Å². The second kappa shape index (κ2) is 10.7. The Morgan fingerprint density at radius 1 is 0.283 bits per heavy atom. The van der Waals surface area contributed by atoms with Crippen LogP contribution in [0, 0.1) is 0 Å². The van der Waals surface area contributed by atoms with Gasteiger partial charge in [-0.2, -0.15) is 0 Å². The lowest BCUT2D eigenvalue weighted by atomic mass is 9.85. The predicted octanol–water partition coefficient (Wildman–Crippen LogP) is 14.7. The first-order valence-corrected chi connectivity index (χ1v) is 18.0. The maximum absolute atomic E-state index is 6.68.